The van der Waals surface area contributed by atoms with Gasteiger partial charge in [-0.05, 0) is 26.2 Å². The second-order valence-corrected chi connectivity index (χ2v) is 5.62. The highest BCUT2D eigenvalue weighted by molar-refractivity contribution is 5.87. The first kappa shape index (κ1) is 13.3. The highest BCUT2D eigenvalue weighted by atomic mass is 16.5. The Labute approximate surface area is 119 Å². The molecule has 1 fully saturated rings. The lowest BCUT2D eigenvalue weighted by molar-refractivity contribution is 0.439. The Kier molecular flexibility index (Phi) is 3.85. The molecule has 0 aliphatic heterocycles. The normalized spacial score (nSPS) is 17.3. The molecule has 2 aromatic rings. The van der Waals surface area contributed by atoms with E-state index in [9.17, 15) is 0 Å². The fraction of sp³-hybridized carbons (Fsp3) is 0.667. The third-order valence-corrected chi connectivity index (χ3v) is 4.05. The summed E-state index contributed by atoms with van der Waals surface area (Å²) in [4.78, 5) is 8.92. The van der Waals surface area contributed by atoms with Gasteiger partial charge in [-0.25, -0.2) is 4.98 Å². The van der Waals surface area contributed by atoms with E-state index < -0.39 is 0 Å². The predicted molar refractivity (Wildman–Crippen MR) is 78.8 cm³/mol. The zero-order valence-electron chi connectivity index (χ0n) is 12.3. The van der Waals surface area contributed by atoms with Crippen molar-refractivity contribution >= 4 is 16.9 Å². The molecule has 108 valence electrons. The largest absolute Gasteiger partial charge is 0.367 e. The average Bonchev–Trinajstić information content (AvgIpc) is 2.67. The van der Waals surface area contributed by atoms with E-state index in [1.807, 2.05) is 6.92 Å². The van der Waals surface area contributed by atoms with Gasteiger partial charge in [0.25, 0.3) is 5.71 Å². The quantitative estimate of drug-likeness (QED) is 0.866. The number of anilines is 1. The number of hydrogen-bond acceptors (Lipinski definition) is 5. The number of hydrogen-bond donors (Lipinski definition) is 1. The molecule has 1 saturated carbocycles. The summed E-state index contributed by atoms with van der Waals surface area (Å²) in [7, 11) is 0. The third-order valence-electron chi connectivity index (χ3n) is 4.05. The summed E-state index contributed by atoms with van der Waals surface area (Å²) in [6, 6.07) is 0.509. The molecule has 0 spiro atoms. The van der Waals surface area contributed by atoms with Crippen LogP contribution in [-0.4, -0.2) is 21.2 Å². The topological polar surface area (TPSA) is 63.8 Å². The molecule has 5 nitrogen and oxygen atoms in total. The molecule has 0 saturated heterocycles. The Morgan fingerprint density at radius 2 is 1.90 bits per heavy atom. The van der Waals surface area contributed by atoms with E-state index in [0.717, 1.165) is 29.1 Å². The second kappa shape index (κ2) is 5.77. The summed E-state index contributed by atoms with van der Waals surface area (Å²) >= 11 is 0. The lowest BCUT2D eigenvalue weighted by atomic mass is 10.1. The van der Waals surface area contributed by atoms with Crippen molar-refractivity contribution in [3.8, 4) is 0 Å². The van der Waals surface area contributed by atoms with Crippen LogP contribution >= 0.6 is 0 Å². The fourth-order valence-electron chi connectivity index (χ4n) is 2.98. The molecule has 1 N–H and O–H groups in total. The van der Waals surface area contributed by atoms with E-state index in [1.54, 1.807) is 0 Å². The van der Waals surface area contributed by atoms with Gasteiger partial charge < -0.3 is 9.84 Å². The van der Waals surface area contributed by atoms with Gasteiger partial charge in [0.1, 0.15) is 17.0 Å². The van der Waals surface area contributed by atoms with Crippen LogP contribution in [0.4, 0.5) is 5.82 Å². The minimum Gasteiger partial charge on any atom is -0.367 e. The molecule has 0 amide bonds. The van der Waals surface area contributed by atoms with Crippen molar-refractivity contribution in [1.82, 2.24) is 15.1 Å². The van der Waals surface area contributed by atoms with E-state index in [0.29, 0.717) is 11.8 Å². The molecule has 0 unspecified atom stereocenters. The highest BCUT2D eigenvalue weighted by Crippen LogP contribution is 2.27. The van der Waals surface area contributed by atoms with Crippen LogP contribution in [0.25, 0.3) is 11.1 Å². The summed E-state index contributed by atoms with van der Waals surface area (Å²) in [6.45, 7) is 3.97. The minimum absolute atomic E-state index is 0.509. The van der Waals surface area contributed by atoms with Gasteiger partial charge in [-0.1, -0.05) is 37.8 Å². The molecule has 0 bridgehead atoms. The lowest BCUT2D eigenvalue weighted by Gasteiger charge is -2.17. The molecule has 2 heterocycles. The first-order valence-electron chi connectivity index (χ1n) is 7.67. The van der Waals surface area contributed by atoms with Crippen LogP contribution in [0.2, 0.25) is 0 Å². The van der Waals surface area contributed by atoms with Gasteiger partial charge in [-0.3, -0.25) is 0 Å². The van der Waals surface area contributed by atoms with Gasteiger partial charge in [0.05, 0.1) is 5.69 Å². The van der Waals surface area contributed by atoms with Gasteiger partial charge in [0, 0.05) is 6.04 Å². The molecule has 20 heavy (non-hydrogen) atoms. The number of fused-ring (bicyclic) bond motifs is 1. The molecule has 3 rings (SSSR count). The van der Waals surface area contributed by atoms with Gasteiger partial charge in [-0.2, -0.15) is 4.98 Å². The Morgan fingerprint density at radius 3 is 2.60 bits per heavy atom. The number of aromatic nitrogens is 3. The summed E-state index contributed by atoms with van der Waals surface area (Å²) in [5.74, 6) is 1.63. The van der Waals surface area contributed by atoms with Crippen molar-refractivity contribution in [2.75, 3.05) is 5.32 Å². The van der Waals surface area contributed by atoms with Gasteiger partial charge in [-0.15, -0.1) is 0 Å². The maximum Gasteiger partial charge on any atom is 0.263 e. The number of nitrogens with zero attached hydrogens (tertiary/aromatic N) is 3. The first-order chi connectivity index (χ1) is 9.78. The van der Waals surface area contributed by atoms with E-state index in [4.69, 9.17) is 4.52 Å². The first-order valence-corrected chi connectivity index (χ1v) is 7.67. The number of nitrogens with one attached hydrogen (secondary N) is 1. The van der Waals surface area contributed by atoms with Crippen molar-refractivity contribution in [1.29, 1.82) is 0 Å². The maximum atomic E-state index is 5.33. The van der Waals surface area contributed by atoms with Crippen LogP contribution in [0.15, 0.2) is 4.52 Å². The molecule has 0 atom stereocenters. The standard InChI is InChI=1S/C15H22N4O/c1-3-12-13-14(16-10(2)17-15(13)20-19-12)18-11-8-6-4-5-7-9-11/h11H,3-9H2,1-2H3,(H,16,17,18). The van der Waals surface area contributed by atoms with Crippen LogP contribution in [0, 0.1) is 6.92 Å². The Balaban J connectivity index is 1.94. The maximum absolute atomic E-state index is 5.33. The fourth-order valence-corrected chi connectivity index (χ4v) is 2.98. The van der Waals surface area contributed by atoms with Crippen LogP contribution in [-0.2, 0) is 6.42 Å². The Hall–Kier alpha value is -1.65. The number of aryl methyl sites for hydroxylation is 2. The minimum atomic E-state index is 0.509. The third kappa shape index (κ3) is 2.62. The molecule has 1 aliphatic carbocycles. The summed E-state index contributed by atoms with van der Waals surface area (Å²) in [5, 5.41) is 8.68. The number of rotatable bonds is 3. The average molecular weight is 274 g/mol. The van der Waals surface area contributed by atoms with E-state index >= 15 is 0 Å². The lowest BCUT2D eigenvalue weighted by Crippen LogP contribution is -2.19. The zero-order valence-corrected chi connectivity index (χ0v) is 12.3. The van der Waals surface area contributed by atoms with Crippen molar-refractivity contribution in [3.63, 3.8) is 0 Å². The van der Waals surface area contributed by atoms with Crippen molar-refractivity contribution in [3.05, 3.63) is 11.5 Å². The van der Waals surface area contributed by atoms with Gasteiger partial charge >= 0.3 is 0 Å². The molecule has 5 heteroatoms. The van der Waals surface area contributed by atoms with Crippen molar-refractivity contribution in [2.45, 2.75) is 64.8 Å². The molecular formula is C15H22N4O. The van der Waals surface area contributed by atoms with E-state index in [2.05, 4.69) is 27.4 Å². The highest BCUT2D eigenvalue weighted by Gasteiger charge is 2.19. The SMILES string of the molecule is CCc1noc2nc(C)nc(NC3CCCCCC3)c12. The summed E-state index contributed by atoms with van der Waals surface area (Å²) in [6.07, 6.45) is 8.57. The van der Waals surface area contributed by atoms with Crippen LogP contribution in [0.1, 0.15) is 57.0 Å². The van der Waals surface area contributed by atoms with Gasteiger partial charge in [0.15, 0.2) is 0 Å². The molecule has 1 aliphatic rings. The molecular weight excluding hydrogens is 252 g/mol. The van der Waals surface area contributed by atoms with E-state index in [1.165, 1.54) is 38.5 Å². The smallest absolute Gasteiger partial charge is 0.263 e. The zero-order chi connectivity index (χ0) is 13.9. The van der Waals surface area contributed by atoms with Crippen LogP contribution < -0.4 is 5.32 Å². The summed E-state index contributed by atoms with van der Waals surface area (Å²) < 4.78 is 5.33. The predicted octanol–water partition coefficient (Wildman–Crippen LogP) is 3.62. The van der Waals surface area contributed by atoms with Gasteiger partial charge in [0.2, 0.25) is 0 Å². The monoisotopic (exact) mass is 274 g/mol. The van der Waals surface area contributed by atoms with Crippen molar-refractivity contribution < 1.29 is 4.52 Å². The van der Waals surface area contributed by atoms with Crippen molar-refractivity contribution in [2.24, 2.45) is 0 Å². The Bertz CT molecular complexity index is 585. The Morgan fingerprint density at radius 1 is 1.15 bits per heavy atom. The molecule has 0 aromatic carbocycles. The van der Waals surface area contributed by atoms with Crippen LogP contribution in [0.5, 0.6) is 0 Å². The second-order valence-electron chi connectivity index (χ2n) is 5.62. The molecule has 2 aromatic heterocycles. The molecule has 0 radical (unpaired) electrons. The summed E-state index contributed by atoms with van der Waals surface area (Å²) in [5.41, 5.74) is 1.54. The van der Waals surface area contributed by atoms with E-state index in [-0.39, 0.29) is 0 Å². The van der Waals surface area contributed by atoms with Crippen LogP contribution in [0.3, 0.4) is 0 Å².